The lowest BCUT2D eigenvalue weighted by atomic mass is 9.69. The topological polar surface area (TPSA) is 0 Å². The number of hydrogen-bond donors (Lipinski definition) is 0. The van der Waals surface area contributed by atoms with E-state index in [1.807, 2.05) is 0 Å². The smallest absolute Gasteiger partial charge is 0.0914 e. The minimum absolute atomic E-state index is 0.724. The van der Waals surface area contributed by atoms with E-state index in [9.17, 15) is 0 Å². The summed E-state index contributed by atoms with van der Waals surface area (Å²) >= 11 is 0. The molecule has 0 saturated carbocycles. The van der Waals surface area contributed by atoms with E-state index < -0.39 is 0 Å². The van der Waals surface area contributed by atoms with Gasteiger partial charge in [-0.15, -0.1) is 0 Å². The lowest BCUT2D eigenvalue weighted by Gasteiger charge is -2.25. The van der Waals surface area contributed by atoms with Crippen LogP contribution in [0.5, 0.6) is 0 Å². The van der Waals surface area contributed by atoms with E-state index in [4.69, 9.17) is 0 Å². The van der Waals surface area contributed by atoms with Crippen LogP contribution in [-0.4, -0.2) is 7.85 Å². The normalized spacial score (nSPS) is 19.6. The van der Waals surface area contributed by atoms with Crippen LogP contribution >= 0.6 is 0 Å². The van der Waals surface area contributed by atoms with Gasteiger partial charge in [-0.25, -0.2) is 0 Å². The third kappa shape index (κ3) is 6.40. The molecule has 0 aromatic carbocycles. The van der Waals surface area contributed by atoms with Gasteiger partial charge in [0.1, 0.15) is 7.85 Å². The monoisotopic (exact) mass is 222 g/mol. The van der Waals surface area contributed by atoms with E-state index >= 15 is 0 Å². The van der Waals surface area contributed by atoms with Crippen LogP contribution in [0.2, 0.25) is 5.82 Å². The van der Waals surface area contributed by atoms with Crippen molar-refractivity contribution in [3.8, 4) is 0 Å². The van der Waals surface area contributed by atoms with Crippen molar-refractivity contribution in [1.29, 1.82) is 0 Å². The van der Waals surface area contributed by atoms with Crippen LogP contribution in [0.4, 0.5) is 0 Å². The lowest BCUT2D eigenvalue weighted by Crippen LogP contribution is -2.14. The molecule has 4 atom stereocenters. The van der Waals surface area contributed by atoms with Crippen LogP contribution in [0.3, 0.4) is 0 Å². The molecular weight excluding hydrogens is 191 g/mol. The van der Waals surface area contributed by atoms with Crippen molar-refractivity contribution >= 4 is 7.85 Å². The molecule has 0 aliphatic carbocycles. The molecule has 3 unspecified atom stereocenters. The summed E-state index contributed by atoms with van der Waals surface area (Å²) in [5.74, 6) is 3.30. The Balaban J connectivity index is 3.91. The number of hydrogen-bond acceptors (Lipinski definition) is 0. The highest BCUT2D eigenvalue weighted by Crippen LogP contribution is 2.30. The first-order valence-electron chi connectivity index (χ1n) is 7.15. The number of rotatable bonds is 8. The van der Waals surface area contributed by atoms with Crippen LogP contribution in [-0.2, 0) is 0 Å². The van der Waals surface area contributed by atoms with Gasteiger partial charge in [-0.2, -0.15) is 0 Å². The highest BCUT2D eigenvalue weighted by atomic mass is 14.2. The van der Waals surface area contributed by atoms with E-state index in [2.05, 4.69) is 54.6 Å². The second-order valence-corrected chi connectivity index (χ2v) is 5.69. The summed E-state index contributed by atoms with van der Waals surface area (Å²) in [6.07, 6.45) is 10.1. The molecule has 0 bridgehead atoms. The molecule has 0 heterocycles. The Labute approximate surface area is 104 Å². The molecule has 0 amide bonds. The Bertz CT molecular complexity index is 186. The van der Waals surface area contributed by atoms with Gasteiger partial charge in [0, 0.05) is 0 Å². The highest BCUT2D eigenvalue weighted by Gasteiger charge is 2.17. The van der Waals surface area contributed by atoms with Crippen molar-refractivity contribution < 1.29 is 0 Å². The van der Waals surface area contributed by atoms with Gasteiger partial charge in [0.25, 0.3) is 0 Å². The zero-order valence-electron chi connectivity index (χ0n) is 12.3. The average molecular weight is 222 g/mol. The maximum absolute atomic E-state index is 2.42. The fraction of sp³-hybridized carbons (Fsp3) is 0.867. The zero-order chi connectivity index (χ0) is 12.6. The minimum atomic E-state index is 0.724. The molecule has 1 heteroatoms. The van der Waals surface area contributed by atoms with Crippen molar-refractivity contribution in [3.63, 3.8) is 0 Å². The maximum atomic E-state index is 2.42. The Hall–Kier alpha value is -0.195. The summed E-state index contributed by atoms with van der Waals surface area (Å²) in [6.45, 7) is 11.6. The Morgan fingerprint density at radius 3 is 2.19 bits per heavy atom. The molecule has 0 fully saturated rings. The van der Waals surface area contributed by atoms with Crippen LogP contribution in [0.15, 0.2) is 12.2 Å². The van der Waals surface area contributed by atoms with Crippen molar-refractivity contribution in [2.75, 3.05) is 0 Å². The van der Waals surface area contributed by atoms with Crippen LogP contribution in [0, 0.1) is 17.8 Å². The molecule has 0 saturated heterocycles. The third-order valence-electron chi connectivity index (χ3n) is 4.12. The van der Waals surface area contributed by atoms with Gasteiger partial charge in [0.05, 0.1) is 0 Å². The standard InChI is InChI=1S/C15H31B/c1-6-8-12(3)10-11-15(16)14(5)13(4)9-7-2/h7,9,12-15H,6,8,10-11,16H2,1-5H3/t12-,13?,14?,15?/m1/s1. The van der Waals surface area contributed by atoms with Gasteiger partial charge in [-0.05, 0) is 24.7 Å². The molecule has 16 heavy (non-hydrogen) atoms. The first-order valence-corrected chi connectivity index (χ1v) is 7.15. The van der Waals surface area contributed by atoms with Gasteiger partial charge >= 0.3 is 0 Å². The van der Waals surface area contributed by atoms with E-state index in [1.54, 1.807) is 0 Å². The van der Waals surface area contributed by atoms with Gasteiger partial charge in [0.2, 0.25) is 0 Å². The van der Waals surface area contributed by atoms with Gasteiger partial charge in [-0.3, -0.25) is 0 Å². The van der Waals surface area contributed by atoms with E-state index in [0.29, 0.717) is 0 Å². The van der Waals surface area contributed by atoms with Crippen molar-refractivity contribution in [2.24, 2.45) is 17.8 Å². The molecular formula is C15H31B. The van der Waals surface area contributed by atoms with E-state index in [-0.39, 0.29) is 0 Å². The summed E-state index contributed by atoms with van der Waals surface area (Å²) < 4.78 is 0. The van der Waals surface area contributed by atoms with Crippen LogP contribution in [0.25, 0.3) is 0 Å². The second-order valence-electron chi connectivity index (χ2n) is 5.69. The zero-order valence-corrected chi connectivity index (χ0v) is 12.3. The van der Waals surface area contributed by atoms with Crippen molar-refractivity contribution in [1.82, 2.24) is 0 Å². The molecule has 0 aliphatic heterocycles. The van der Waals surface area contributed by atoms with Crippen molar-refractivity contribution in [3.05, 3.63) is 12.2 Å². The summed E-state index contributed by atoms with van der Waals surface area (Å²) in [6, 6.07) is 0. The largest absolute Gasteiger partial charge is 0.105 e. The molecule has 0 aliphatic rings. The Kier molecular flexibility index (Phi) is 8.79. The minimum Gasteiger partial charge on any atom is -0.0914 e. The Morgan fingerprint density at radius 2 is 1.69 bits per heavy atom. The molecule has 0 aromatic heterocycles. The quantitative estimate of drug-likeness (QED) is 0.419. The number of allylic oxidation sites excluding steroid dienone is 2. The average Bonchev–Trinajstić information content (AvgIpc) is 2.25. The summed E-state index contributed by atoms with van der Waals surface area (Å²) in [4.78, 5) is 0. The molecule has 94 valence electrons. The lowest BCUT2D eigenvalue weighted by molar-refractivity contribution is 0.378. The summed E-state index contributed by atoms with van der Waals surface area (Å²) in [5, 5.41) is 0. The summed E-state index contributed by atoms with van der Waals surface area (Å²) in [7, 11) is 2.42. The van der Waals surface area contributed by atoms with E-state index in [0.717, 1.165) is 23.6 Å². The fourth-order valence-electron chi connectivity index (χ4n) is 2.44. The summed E-state index contributed by atoms with van der Waals surface area (Å²) in [5.41, 5.74) is 0. The van der Waals surface area contributed by atoms with Gasteiger partial charge in [0.15, 0.2) is 0 Å². The molecule has 0 aromatic rings. The second kappa shape index (κ2) is 8.90. The van der Waals surface area contributed by atoms with Gasteiger partial charge < -0.3 is 0 Å². The SMILES string of the molecule is BC(CC[C@H](C)CCC)C(C)C(C)C=CC. The molecule has 0 spiro atoms. The highest BCUT2D eigenvalue weighted by molar-refractivity contribution is 6.11. The van der Waals surface area contributed by atoms with Crippen LogP contribution in [0.1, 0.15) is 60.3 Å². The first kappa shape index (κ1) is 15.8. The van der Waals surface area contributed by atoms with E-state index in [1.165, 1.54) is 25.7 Å². The predicted molar refractivity (Wildman–Crippen MR) is 78.7 cm³/mol. The van der Waals surface area contributed by atoms with Crippen molar-refractivity contribution in [2.45, 2.75) is 66.1 Å². The fourth-order valence-corrected chi connectivity index (χ4v) is 2.44. The van der Waals surface area contributed by atoms with Gasteiger partial charge in [-0.1, -0.05) is 71.3 Å². The predicted octanol–water partition coefficient (Wildman–Crippen LogP) is 4.47. The Morgan fingerprint density at radius 1 is 1.06 bits per heavy atom. The third-order valence-corrected chi connectivity index (χ3v) is 4.12. The molecule has 0 rings (SSSR count). The van der Waals surface area contributed by atoms with Crippen LogP contribution < -0.4 is 0 Å². The molecule has 0 nitrogen and oxygen atoms in total. The molecule has 0 radical (unpaired) electrons. The first-order chi connectivity index (χ1) is 7.52. The molecule has 0 N–H and O–H groups in total. The maximum Gasteiger partial charge on any atom is 0.105 e.